The molecule has 0 aliphatic heterocycles. The van der Waals surface area contributed by atoms with E-state index in [4.69, 9.17) is 0 Å². The van der Waals surface area contributed by atoms with E-state index in [2.05, 4.69) is 83.1 Å². The molecule has 0 aromatic carbocycles. The van der Waals surface area contributed by atoms with Gasteiger partial charge in [0.25, 0.3) is 0 Å². The molecule has 0 aromatic heterocycles. The van der Waals surface area contributed by atoms with Crippen LogP contribution in [-0.2, 0) is 0 Å². The lowest BCUT2D eigenvalue weighted by Crippen LogP contribution is -2.20. The van der Waals surface area contributed by atoms with Crippen molar-refractivity contribution in [2.45, 2.75) is 224 Å². The highest BCUT2D eigenvalue weighted by Gasteiger charge is 2.29. The minimum absolute atomic E-state index is 0.542. The van der Waals surface area contributed by atoms with Crippen LogP contribution in [0.15, 0.2) is 0 Å². The summed E-state index contributed by atoms with van der Waals surface area (Å²) >= 11 is 0. The van der Waals surface area contributed by atoms with E-state index in [1.165, 1.54) is 44.9 Å². The van der Waals surface area contributed by atoms with Gasteiger partial charge in [0.05, 0.1) is 0 Å². The third-order valence-corrected chi connectivity index (χ3v) is 12.0. The van der Waals surface area contributed by atoms with Gasteiger partial charge in [0.15, 0.2) is 0 Å². The van der Waals surface area contributed by atoms with Gasteiger partial charge in [-0.25, -0.2) is 0 Å². The summed E-state index contributed by atoms with van der Waals surface area (Å²) in [6, 6.07) is 0. The molecule has 6 saturated carbocycles. The van der Waals surface area contributed by atoms with Gasteiger partial charge in [0, 0.05) is 0 Å². The van der Waals surface area contributed by atoms with Crippen molar-refractivity contribution >= 4 is 0 Å². The lowest BCUT2D eigenvalue weighted by molar-refractivity contribution is 0.190. The van der Waals surface area contributed by atoms with Crippen LogP contribution in [0.5, 0.6) is 0 Å². The average Bonchev–Trinajstić information content (AvgIpc) is 3.47. The SMILES string of the molecule is C1CC2CCC(C1)C2.C1CC2CCC(C1)C2.C1CC2CCCC(C1)C2.CCC(C)(C)C.CCC(C)(C)C.CCC(C)(C)C. The van der Waals surface area contributed by atoms with Crippen LogP contribution in [0.1, 0.15) is 224 Å². The Bertz CT molecular complexity index is 546. The normalized spacial score (nSPS) is 30.7. The highest BCUT2D eigenvalue weighted by Crippen LogP contribution is 2.42. The largest absolute Gasteiger partial charge is 0.0649 e. The third kappa shape index (κ3) is 22.2. The van der Waals surface area contributed by atoms with Gasteiger partial charge in [0.2, 0.25) is 0 Å². The van der Waals surface area contributed by atoms with Gasteiger partial charge in [0.1, 0.15) is 0 Å². The van der Waals surface area contributed by atoms with Crippen molar-refractivity contribution in [1.82, 2.24) is 0 Å². The molecule has 4 atom stereocenters. The quantitative estimate of drug-likeness (QED) is 0.259. The van der Waals surface area contributed by atoms with Crippen LogP contribution in [0.2, 0.25) is 0 Å². The molecule has 6 rings (SSSR count). The molecule has 6 aliphatic carbocycles. The minimum atomic E-state index is 0.542. The molecule has 0 radical (unpaired) electrons. The molecule has 0 saturated heterocycles. The number of rotatable bonds is 0. The molecule has 0 aromatic rings. The fraction of sp³-hybridized carbons (Fsp3) is 1.00. The third-order valence-electron chi connectivity index (χ3n) is 12.0. The summed E-state index contributed by atoms with van der Waals surface area (Å²) in [7, 11) is 0. The average molecular weight is 603 g/mol. The maximum atomic E-state index is 2.24. The van der Waals surface area contributed by atoms with Crippen molar-refractivity contribution in [3.63, 3.8) is 0 Å². The highest BCUT2D eigenvalue weighted by molar-refractivity contribution is 4.81. The Balaban J connectivity index is 0.000000261. The van der Waals surface area contributed by atoms with Crippen LogP contribution in [0.4, 0.5) is 0 Å². The zero-order valence-electron chi connectivity index (χ0n) is 32.5. The Labute approximate surface area is 275 Å². The van der Waals surface area contributed by atoms with Gasteiger partial charge in [-0.3, -0.25) is 0 Å². The van der Waals surface area contributed by atoms with Gasteiger partial charge in [-0.1, -0.05) is 205 Å². The molecule has 258 valence electrons. The first kappa shape index (κ1) is 41.0. The van der Waals surface area contributed by atoms with Gasteiger partial charge in [-0.2, -0.15) is 0 Å². The second-order valence-corrected chi connectivity index (χ2v) is 19.5. The Kier molecular flexibility index (Phi) is 20.0. The van der Waals surface area contributed by atoms with Gasteiger partial charge < -0.3 is 0 Å². The Hall–Kier alpha value is 0. The van der Waals surface area contributed by atoms with Gasteiger partial charge >= 0.3 is 0 Å². The van der Waals surface area contributed by atoms with Crippen molar-refractivity contribution in [3.8, 4) is 0 Å². The second-order valence-electron chi connectivity index (χ2n) is 19.5. The summed E-state index contributed by atoms with van der Waals surface area (Å²) in [5, 5.41) is 0. The van der Waals surface area contributed by atoms with Gasteiger partial charge in [-0.15, -0.1) is 0 Å². The Morgan fingerprint density at radius 3 is 0.558 bits per heavy atom. The van der Waals surface area contributed by atoms with Crippen molar-refractivity contribution in [1.29, 1.82) is 0 Å². The van der Waals surface area contributed by atoms with Crippen molar-refractivity contribution < 1.29 is 0 Å². The monoisotopic (exact) mass is 603 g/mol. The molecule has 6 fully saturated rings. The topological polar surface area (TPSA) is 0 Å². The summed E-state index contributed by atoms with van der Waals surface area (Å²) in [6.07, 6.45) is 33.4. The van der Waals surface area contributed by atoms with E-state index < -0.39 is 0 Å². The maximum Gasteiger partial charge on any atom is -0.0385 e. The molecular weight excluding hydrogens is 516 g/mol. The first-order chi connectivity index (χ1) is 20.0. The van der Waals surface area contributed by atoms with Crippen molar-refractivity contribution in [3.05, 3.63) is 0 Å². The van der Waals surface area contributed by atoms with Crippen LogP contribution >= 0.6 is 0 Å². The molecule has 0 heterocycles. The molecular formula is C43H86. The van der Waals surface area contributed by atoms with E-state index in [1.807, 2.05) is 0 Å². The maximum absolute atomic E-state index is 2.24. The molecule has 0 heteroatoms. The molecule has 0 spiro atoms. The van der Waals surface area contributed by atoms with E-state index >= 15 is 0 Å². The lowest BCUT2D eigenvalue weighted by atomic mass is 9.72. The van der Waals surface area contributed by atoms with E-state index in [0.717, 1.165) is 35.5 Å². The van der Waals surface area contributed by atoms with Crippen LogP contribution < -0.4 is 0 Å². The smallest absolute Gasteiger partial charge is 0.0385 e. The zero-order chi connectivity index (χ0) is 32.5. The first-order valence-electron chi connectivity index (χ1n) is 20.0. The zero-order valence-corrected chi connectivity index (χ0v) is 32.5. The summed E-state index contributed by atoms with van der Waals surface area (Å²) in [4.78, 5) is 0. The number of fused-ring (bicyclic) bond motifs is 6. The summed E-state index contributed by atoms with van der Waals surface area (Å²) in [5.74, 6) is 6.94. The molecule has 0 N–H and O–H groups in total. The van der Waals surface area contributed by atoms with Crippen molar-refractivity contribution in [2.75, 3.05) is 0 Å². The van der Waals surface area contributed by atoms with E-state index in [1.54, 1.807) is 96.3 Å². The fourth-order valence-corrected chi connectivity index (χ4v) is 7.42. The Morgan fingerprint density at radius 1 is 0.302 bits per heavy atom. The van der Waals surface area contributed by atoms with E-state index in [-0.39, 0.29) is 0 Å². The highest BCUT2D eigenvalue weighted by atomic mass is 14.3. The molecule has 6 aliphatic rings. The van der Waals surface area contributed by atoms with E-state index in [0.29, 0.717) is 16.2 Å². The van der Waals surface area contributed by atoms with Crippen LogP contribution in [0.3, 0.4) is 0 Å². The van der Waals surface area contributed by atoms with Crippen LogP contribution in [0.25, 0.3) is 0 Å². The number of hydrogen-bond donors (Lipinski definition) is 0. The lowest BCUT2D eigenvalue weighted by Gasteiger charge is -2.33. The Morgan fingerprint density at radius 2 is 0.442 bits per heavy atom. The second kappa shape index (κ2) is 21.0. The van der Waals surface area contributed by atoms with E-state index in [9.17, 15) is 0 Å². The summed E-state index contributed by atoms with van der Waals surface area (Å²) in [5.41, 5.74) is 1.63. The predicted octanol–water partition coefficient (Wildman–Crippen LogP) is 15.5. The molecule has 0 nitrogen and oxygen atoms in total. The molecule has 0 amide bonds. The van der Waals surface area contributed by atoms with Crippen LogP contribution in [-0.4, -0.2) is 0 Å². The predicted molar refractivity (Wildman–Crippen MR) is 198 cm³/mol. The van der Waals surface area contributed by atoms with Crippen molar-refractivity contribution in [2.24, 2.45) is 51.8 Å². The fourth-order valence-electron chi connectivity index (χ4n) is 7.42. The summed E-state index contributed by atoms with van der Waals surface area (Å²) in [6.45, 7) is 26.8. The standard InChI is InChI=1S/C9H16.2C8H14.3C6H14/c1-3-8-5-2-6-9(4-1)7-8;2*1-2-7-4-5-8(3-1)6-7;3*1-5-6(2,3)4/h8-9H,1-7H2;2*7-8H,1-6H2;3*5H2,1-4H3. The minimum Gasteiger partial charge on any atom is -0.0649 e. The summed E-state index contributed by atoms with van der Waals surface area (Å²) < 4.78 is 0. The molecule has 4 unspecified atom stereocenters. The van der Waals surface area contributed by atoms with Gasteiger partial charge in [-0.05, 0) is 71.0 Å². The first-order valence-corrected chi connectivity index (χ1v) is 20.0. The van der Waals surface area contributed by atoms with Crippen LogP contribution in [0, 0.1) is 51.8 Å². The molecule has 43 heavy (non-hydrogen) atoms. The number of hydrogen-bond acceptors (Lipinski definition) is 0. The molecule has 6 bridgehead atoms.